The smallest absolute Gasteiger partial charge is 0.350 e. The van der Waals surface area contributed by atoms with Gasteiger partial charge in [0.05, 0.1) is 17.8 Å². The first-order valence-electron chi connectivity index (χ1n) is 5.02. The maximum absolute atomic E-state index is 11.4. The topological polar surface area (TPSA) is 55.6 Å². The van der Waals surface area contributed by atoms with E-state index in [4.69, 9.17) is 5.73 Å². The number of thioether (sulfide) groups is 1. The zero-order chi connectivity index (χ0) is 11.5. The summed E-state index contributed by atoms with van der Waals surface area (Å²) >= 11 is 3.37. The van der Waals surface area contributed by atoms with Crippen LogP contribution in [-0.4, -0.2) is 37.7 Å². The molecule has 0 atom stereocenters. The second-order valence-electron chi connectivity index (χ2n) is 3.46. The minimum absolute atomic E-state index is 0.347. The van der Waals surface area contributed by atoms with E-state index in [1.165, 1.54) is 18.4 Å². The first-order chi connectivity index (χ1) is 7.72. The van der Waals surface area contributed by atoms with Gasteiger partial charge in [0.2, 0.25) is 0 Å². The zero-order valence-electron chi connectivity index (χ0n) is 9.06. The molecule has 2 rings (SSSR count). The Hall–Kier alpha value is -0.880. The number of nitrogens with two attached hydrogens (primary N) is 1. The quantitative estimate of drug-likeness (QED) is 0.818. The number of esters is 1. The number of rotatable bonds is 2. The summed E-state index contributed by atoms with van der Waals surface area (Å²) in [6, 6.07) is 1.87. The third-order valence-electron chi connectivity index (χ3n) is 2.44. The molecule has 0 bridgehead atoms. The third-order valence-corrected chi connectivity index (χ3v) is 4.58. The lowest BCUT2D eigenvalue weighted by molar-refractivity contribution is 0.0607. The van der Waals surface area contributed by atoms with Crippen molar-refractivity contribution in [3.05, 3.63) is 10.9 Å². The largest absolute Gasteiger partial charge is 0.465 e. The van der Waals surface area contributed by atoms with Crippen LogP contribution in [0.25, 0.3) is 0 Å². The molecule has 4 nitrogen and oxygen atoms in total. The van der Waals surface area contributed by atoms with E-state index >= 15 is 0 Å². The summed E-state index contributed by atoms with van der Waals surface area (Å²) in [6.07, 6.45) is 0. The molecule has 0 unspecified atom stereocenters. The molecule has 0 aliphatic carbocycles. The van der Waals surface area contributed by atoms with E-state index < -0.39 is 0 Å². The molecule has 2 heterocycles. The number of ether oxygens (including phenoxy) is 1. The summed E-state index contributed by atoms with van der Waals surface area (Å²) in [5, 5.41) is 1.07. The maximum Gasteiger partial charge on any atom is 0.350 e. The van der Waals surface area contributed by atoms with Gasteiger partial charge in [0.1, 0.15) is 4.88 Å². The Morgan fingerprint density at radius 2 is 2.19 bits per heavy atom. The summed E-state index contributed by atoms with van der Waals surface area (Å²) in [6.45, 7) is 2.04. The molecule has 1 fully saturated rings. The second-order valence-corrected chi connectivity index (χ2v) is 5.72. The predicted molar refractivity (Wildman–Crippen MR) is 69.6 cm³/mol. The van der Waals surface area contributed by atoms with Crippen LogP contribution < -0.4 is 10.6 Å². The Morgan fingerprint density at radius 1 is 1.50 bits per heavy atom. The molecule has 1 aromatic heterocycles. The molecule has 0 saturated carbocycles. The number of carbonyl (C=O) groups is 1. The van der Waals surface area contributed by atoms with Crippen LogP contribution in [0.1, 0.15) is 9.67 Å². The molecular formula is C10H14N2O2S2. The molecule has 16 heavy (non-hydrogen) atoms. The summed E-state index contributed by atoms with van der Waals surface area (Å²) in [7, 11) is 1.37. The number of nitrogen functional groups attached to an aromatic ring is 1. The number of thiophene rings is 1. The Labute approximate surface area is 103 Å². The van der Waals surface area contributed by atoms with Gasteiger partial charge < -0.3 is 15.4 Å². The number of hydrogen-bond donors (Lipinski definition) is 1. The van der Waals surface area contributed by atoms with Crippen LogP contribution in [0.4, 0.5) is 10.7 Å². The van der Waals surface area contributed by atoms with Crippen molar-refractivity contribution in [1.29, 1.82) is 0 Å². The third kappa shape index (κ3) is 2.27. The number of anilines is 2. The predicted octanol–water partition coefficient (Wildman–Crippen LogP) is 1.67. The first kappa shape index (κ1) is 11.6. The highest BCUT2D eigenvalue weighted by Gasteiger charge is 2.19. The van der Waals surface area contributed by atoms with Gasteiger partial charge in [0, 0.05) is 24.6 Å². The highest BCUT2D eigenvalue weighted by Crippen LogP contribution is 2.33. The van der Waals surface area contributed by atoms with Crippen LogP contribution in [0.15, 0.2) is 6.07 Å². The van der Waals surface area contributed by atoms with E-state index in [0.717, 1.165) is 29.6 Å². The van der Waals surface area contributed by atoms with Crippen molar-refractivity contribution in [2.45, 2.75) is 0 Å². The number of methoxy groups -OCH3 is 1. The van der Waals surface area contributed by atoms with E-state index in [-0.39, 0.29) is 5.97 Å². The minimum atomic E-state index is -0.347. The van der Waals surface area contributed by atoms with Crippen LogP contribution in [0.5, 0.6) is 0 Å². The minimum Gasteiger partial charge on any atom is -0.465 e. The molecule has 0 aromatic carbocycles. The molecule has 0 radical (unpaired) electrons. The SMILES string of the molecule is COC(=O)c1sc(N2CCSCC2)cc1N. The van der Waals surface area contributed by atoms with Gasteiger partial charge in [-0.05, 0) is 6.07 Å². The van der Waals surface area contributed by atoms with Crippen LogP contribution in [0.3, 0.4) is 0 Å². The molecule has 88 valence electrons. The summed E-state index contributed by atoms with van der Waals surface area (Å²) in [4.78, 5) is 14.2. The standard InChI is InChI=1S/C10H14N2O2S2/c1-14-10(13)9-7(11)6-8(16-9)12-2-4-15-5-3-12/h6H,2-5,11H2,1H3. The van der Waals surface area contributed by atoms with Crippen molar-refractivity contribution in [2.75, 3.05) is 42.3 Å². The normalized spacial score (nSPS) is 16.2. The van der Waals surface area contributed by atoms with Crippen LogP contribution >= 0.6 is 23.1 Å². The molecule has 1 aliphatic rings. The van der Waals surface area contributed by atoms with Gasteiger partial charge in [0.15, 0.2) is 0 Å². The van der Waals surface area contributed by atoms with Gasteiger partial charge in [-0.25, -0.2) is 4.79 Å². The van der Waals surface area contributed by atoms with E-state index in [0.29, 0.717) is 10.6 Å². The lowest BCUT2D eigenvalue weighted by Gasteiger charge is -2.26. The molecule has 1 aromatic rings. The average molecular weight is 258 g/mol. The fourth-order valence-corrected chi connectivity index (χ4v) is 3.54. The average Bonchev–Trinajstić information content (AvgIpc) is 2.71. The van der Waals surface area contributed by atoms with E-state index in [2.05, 4.69) is 9.64 Å². The van der Waals surface area contributed by atoms with Gasteiger partial charge >= 0.3 is 5.97 Å². The van der Waals surface area contributed by atoms with Crippen molar-refractivity contribution in [3.8, 4) is 0 Å². The monoisotopic (exact) mass is 258 g/mol. The lowest BCUT2D eigenvalue weighted by Crippen LogP contribution is -2.31. The molecule has 1 saturated heterocycles. The summed E-state index contributed by atoms with van der Waals surface area (Å²) in [5.41, 5.74) is 6.32. The van der Waals surface area contributed by atoms with Gasteiger partial charge in [0.25, 0.3) is 0 Å². The highest BCUT2D eigenvalue weighted by molar-refractivity contribution is 7.99. The molecule has 1 aliphatic heterocycles. The molecule has 2 N–H and O–H groups in total. The van der Waals surface area contributed by atoms with Gasteiger partial charge in [-0.2, -0.15) is 11.8 Å². The lowest BCUT2D eigenvalue weighted by atomic mass is 10.4. The Bertz CT molecular complexity index is 386. The molecular weight excluding hydrogens is 244 g/mol. The number of nitrogens with zero attached hydrogens (tertiary/aromatic N) is 1. The van der Waals surface area contributed by atoms with Crippen molar-refractivity contribution in [2.24, 2.45) is 0 Å². The van der Waals surface area contributed by atoms with E-state index in [9.17, 15) is 4.79 Å². The number of hydrogen-bond acceptors (Lipinski definition) is 6. The van der Waals surface area contributed by atoms with Crippen molar-refractivity contribution < 1.29 is 9.53 Å². The summed E-state index contributed by atoms with van der Waals surface area (Å²) in [5.74, 6) is 1.91. The zero-order valence-corrected chi connectivity index (χ0v) is 10.7. The first-order valence-corrected chi connectivity index (χ1v) is 7.00. The van der Waals surface area contributed by atoms with Crippen LogP contribution in [-0.2, 0) is 4.74 Å². The van der Waals surface area contributed by atoms with Crippen LogP contribution in [0, 0.1) is 0 Å². The van der Waals surface area contributed by atoms with Gasteiger partial charge in [-0.15, -0.1) is 11.3 Å². The molecule has 0 amide bonds. The Morgan fingerprint density at radius 3 is 2.81 bits per heavy atom. The van der Waals surface area contributed by atoms with Crippen molar-refractivity contribution in [1.82, 2.24) is 0 Å². The molecule has 6 heteroatoms. The Kier molecular flexibility index (Phi) is 3.60. The van der Waals surface area contributed by atoms with Crippen molar-refractivity contribution >= 4 is 39.8 Å². The van der Waals surface area contributed by atoms with E-state index in [1.54, 1.807) is 0 Å². The maximum atomic E-state index is 11.4. The second kappa shape index (κ2) is 4.97. The van der Waals surface area contributed by atoms with Crippen molar-refractivity contribution in [3.63, 3.8) is 0 Å². The fourth-order valence-electron chi connectivity index (χ4n) is 1.58. The van der Waals surface area contributed by atoms with Gasteiger partial charge in [-0.3, -0.25) is 0 Å². The molecule has 0 spiro atoms. The van der Waals surface area contributed by atoms with Gasteiger partial charge in [-0.1, -0.05) is 0 Å². The van der Waals surface area contributed by atoms with Crippen LogP contribution in [0.2, 0.25) is 0 Å². The summed E-state index contributed by atoms with van der Waals surface area (Å²) < 4.78 is 4.69. The fraction of sp³-hybridized carbons (Fsp3) is 0.500. The van der Waals surface area contributed by atoms with E-state index in [1.807, 2.05) is 17.8 Å². The highest BCUT2D eigenvalue weighted by atomic mass is 32.2. The Balaban J connectivity index is 2.19. The number of carbonyl (C=O) groups excluding carboxylic acids is 1.